The number of anilines is 2. The lowest BCUT2D eigenvalue weighted by Gasteiger charge is -2.27. The number of hydrogen-bond donors (Lipinski definition) is 1. The van der Waals surface area contributed by atoms with Gasteiger partial charge in [0.25, 0.3) is 5.91 Å². The van der Waals surface area contributed by atoms with Crippen LogP contribution in [0.4, 0.5) is 11.4 Å². The Kier molecular flexibility index (Phi) is 5.04. The monoisotopic (exact) mass is 364 g/mol. The molecule has 0 saturated carbocycles. The summed E-state index contributed by atoms with van der Waals surface area (Å²) < 4.78 is 0. The molecule has 0 saturated heterocycles. The predicted octanol–water partition coefficient (Wildman–Crippen LogP) is 3.94. The minimum atomic E-state index is -0.630. The third kappa shape index (κ3) is 3.33. The molecule has 1 aliphatic rings. The maximum Gasteiger partial charge on any atom is 0.294 e. The van der Waals surface area contributed by atoms with Crippen LogP contribution in [-0.2, 0) is 9.59 Å². The van der Waals surface area contributed by atoms with Gasteiger partial charge in [-0.2, -0.15) is 0 Å². The Labute approximate surface area is 159 Å². The first-order chi connectivity index (χ1) is 12.8. The SMILES string of the molecule is CCC(=O)C1=C(O)C(=O)N(c2ccc(N(C)C)cc2)C1c1cccc(C)c1. The molecule has 0 bridgehead atoms. The zero-order valence-corrected chi connectivity index (χ0v) is 16.1. The predicted molar refractivity (Wildman–Crippen MR) is 107 cm³/mol. The number of rotatable bonds is 5. The van der Waals surface area contributed by atoms with E-state index in [1.165, 1.54) is 4.90 Å². The summed E-state index contributed by atoms with van der Waals surface area (Å²) in [6.45, 7) is 3.69. The quantitative estimate of drug-likeness (QED) is 0.873. The largest absolute Gasteiger partial charge is 0.503 e. The molecule has 1 amide bonds. The van der Waals surface area contributed by atoms with E-state index in [0.29, 0.717) is 5.69 Å². The number of benzene rings is 2. The van der Waals surface area contributed by atoms with Gasteiger partial charge in [-0.1, -0.05) is 36.8 Å². The van der Waals surface area contributed by atoms with Crippen LogP contribution in [0.3, 0.4) is 0 Å². The van der Waals surface area contributed by atoms with Crippen LogP contribution in [0, 0.1) is 6.92 Å². The van der Waals surface area contributed by atoms with Crippen LogP contribution in [0.2, 0.25) is 0 Å². The van der Waals surface area contributed by atoms with Crippen LogP contribution in [0.1, 0.15) is 30.5 Å². The molecule has 0 aromatic heterocycles. The molecule has 27 heavy (non-hydrogen) atoms. The highest BCUT2D eigenvalue weighted by Gasteiger charge is 2.43. The number of Topliss-reactive ketones (excluding diaryl/α,β-unsaturated/α-hetero) is 1. The van der Waals surface area contributed by atoms with E-state index in [4.69, 9.17) is 0 Å². The van der Waals surface area contributed by atoms with Gasteiger partial charge in [0.1, 0.15) is 0 Å². The van der Waals surface area contributed by atoms with Crippen LogP contribution in [0.15, 0.2) is 59.9 Å². The second kappa shape index (κ2) is 7.27. The second-order valence-electron chi connectivity index (χ2n) is 6.94. The minimum Gasteiger partial charge on any atom is -0.503 e. The summed E-state index contributed by atoms with van der Waals surface area (Å²) in [5.74, 6) is -1.22. The molecule has 5 nitrogen and oxygen atoms in total. The Morgan fingerprint density at radius 2 is 1.81 bits per heavy atom. The molecule has 1 atom stereocenters. The van der Waals surface area contributed by atoms with Gasteiger partial charge < -0.3 is 10.0 Å². The molecule has 3 rings (SSSR count). The van der Waals surface area contributed by atoms with Crippen LogP contribution in [-0.4, -0.2) is 30.9 Å². The molecule has 5 heteroatoms. The van der Waals surface area contributed by atoms with Crippen molar-refractivity contribution in [1.82, 2.24) is 0 Å². The number of amides is 1. The molecule has 0 radical (unpaired) electrons. The molecule has 2 aromatic carbocycles. The van der Waals surface area contributed by atoms with E-state index in [2.05, 4.69) is 0 Å². The molecule has 1 N–H and O–H groups in total. The van der Waals surface area contributed by atoms with Crippen LogP contribution < -0.4 is 9.80 Å². The lowest BCUT2D eigenvalue weighted by atomic mass is 9.94. The third-order valence-corrected chi connectivity index (χ3v) is 4.83. The van der Waals surface area contributed by atoms with Gasteiger partial charge in [0, 0.05) is 31.9 Å². The van der Waals surface area contributed by atoms with Crippen molar-refractivity contribution in [3.8, 4) is 0 Å². The zero-order chi connectivity index (χ0) is 19.7. The molecule has 0 spiro atoms. The van der Waals surface area contributed by atoms with Crippen molar-refractivity contribution in [2.24, 2.45) is 0 Å². The topological polar surface area (TPSA) is 60.9 Å². The van der Waals surface area contributed by atoms with Gasteiger partial charge in [0.2, 0.25) is 0 Å². The molecule has 2 aromatic rings. The first kappa shape index (κ1) is 18.7. The molecule has 0 fully saturated rings. The number of aliphatic hydroxyl groups is 1. The van der Waals surface area contributed by atoms with Crippen molar-refractivity contribution in [1.29, 1.82) is 0 Å². The Balaban J connectivity index is 2.14. The fourth-order valence-electron chi connectivity index (χ4n) is 3.41. The van der Waals surface area contributed by atoms with E-state index in [1.807, 2.05) is 74.4 Å². The number of hydrogen-bond acceptors (Lipinski definition) is 4. The van der Waals surface area contributed by atoms with Crippen LogP contribution >= 0.6 is 0 Å². The second-order valence-corrected chi connectivity index (χ2v) is 6.94. The van der Waals surface area contributed by atoms with Crippen LogP contribution in [0.25, 0.3) is 0 Å². The van der Waals surface area contributed by atoms with Crippen LogP contribution in [0.5, 0.6) is 0 Å². The Hall–Kier alpha value is -3.08. The zero-order valence-electron chi connectivity index (χ0n) is 16.1. The number of carbonyl (C=O) groups excluding carboxylic acids is 2. The summed E-state index contributed by atoms with van der Waals surface area (Å²) >= 11 is 0. The highest BCUT2D eigenvalue weighted by molar-refractivity contribution is 6.16. The van der Waals surface area contributed by atoms with Gasteiger partial charge >= 0.3 is 0 Å². The van der Waals surface area contributed by atoms with Gasteiger partial charge in [0.15, 0.2) is 11.5 Å². The van der Waals surface area contributed by atoms with Crippen molar-refractivity contribution >= 4 is 23.1 Å². The first-order valence-corrected chi connectivity index (χ1v) is 8.99. The maximum atomic E-state index is 12.9. The maximum absolute atomic E-state index is 12.9. The summed E-state index contributed by atoms with van der Waals surface area (Å²) in [6, 6.07) is 14.5. The normalized spacial score (nSPS) is 16.8. The number of aliphatic hydroxyl groups excluding tert-OH is 1. The molecule has 1 heterocycles. The van der Waals surface area contributed by atoms with E-state index in [-0.39, 0.29) is 17.8 Å². The molecule has 140 valence electrons. The summed E-state index contributed by atoms with van der Waals surface area (Å²) in [5.41, 5.74) is 3.64. The molecular weight excluding hydrogens is 340 g/mol. The fourth-order valence-corrected chi connectivity index (χ4v) is 3.41. The van der Waals surface area contributed by atoms with Crippen molar-refractivity contribution in [3.05, 3.63) is 71.0 Å². The van der Waals surface area contributed by atoms with Crippen molar-refractivity contribution in [2.75, 3.05) is 23.9 Å². The molecular formula is C22H24N2O3. The summed E-state index contributed by atoms with van der Waals surface area (Å²) in [6.07, 6.45) is 0.225. The Bertz CT molecular complexity index is 913. The number of carbonyl (C=O) groups is 2. The number of nitrogens with zero attached hydrogens (tertiary/aromatic N) is 2. The highest BCUT2D eigenvalue weighted by atomic mass is 16.3. The van der Waals surface area contributed by atoms with E-state index in [0.717, 1.165) is 16.8 Å². The molecule has 1 unspecified atom stereocenters. The van der Waals surface area contributed by atoms with Gasteiger partial charge in [-0.3, -0.25) is 14.5 Å². The summed E-state index contributed by atoms with van der Waals surface area (Å²) in [5, 5.41) is 10.5. The first-order valence-electron chi connectivity index (χ1n) is 8.99. The van der Waals surface area contributed by atoms with E-state index in [1.54, 1.807) is 6.92 Å². The lowest BCUT2D eigenvalue weighted by Crippen LogP contribution is -2.31. The van der Waals surface area contributed by atoms with Crippen molar-refractivity contribution in [3.63, 3.8) is 0 Å². The van der Waals surface area contributed by atoms with Crippen molar-refractivity contribution in [2.45, 2.75) is 26.3 Å². The third-order valence-electron chi connectivity index (χ3n) is 4.83. The summed E-state index contributed by atoms with van der Waals surface area (Å²) in [7, 11) is 3.88. The van der Waals surface area contributed by atoms with Gasteiger partial charge in [0.05, 0.1) is 11.6 Å². The average molecular weight is 364 g/mol. The average Bonchev–Trinajstić information content (AvgIpc) is 2.92. The van der Waals surface area contributed by atoms with E-state index < -0.39 is 17.7 Å². The van der Waals surface area contributed by atoms with Crippen molar-refractivity contribution < 1.29 is 14.7 Å². The standard InChI is InChI=1S/C22H24N2O3/c1-5-18(25)19-20(15-8-6-7-14(2)13-15)24(22(27)21(19)26)17-11-9-16(10-12-17)23(3)4/h6-13,20,26H,5H2,1-4H3. The minimum absolute atomic E-state index is 0.171. The van der Waals surface area contributed by atoms with E-state index >= 15 is 0 Å². The lowest BCUT2D eigenvalue weighted by molar-refractivity contribution is -0.118. The highest BCUT2D eigenvalue weighted by Crippen LogP contribution is 2.41. The number of ketones is 1. The molecule has 0 aliphatic carbocycles. The van der Waals surface area contributed by atoms with Gasteiger partial charge in [-0.15, -0.1) is 0 Å². The number of aryl methyl sites for hydroxylation is 1. The molecule has 1 aliphatic heterocycles. The Morgan fingerprint density at radius 1 is 1.15 bits per heavy atom. The summed E-state index contributed by atoms with van der Waals surface area (Å²) in [4.78, 5) is 28.9. The smallest absolute Gasteiger partial charge is 0.294 e. The fraction of sp³-hybridized carbons (Fsp3) is 0.273. The van der Waals surface area contributed by atoms with Gasteiger partial charge in [-0.05, 0) is 36.8 Å². The Morgan fingerprint density at radius 3 is 2.37 bits per heavy atom. The van der Waals surface area contributed by atoms with Gasteiger partial charge in [-0.25, -0.2) is 0 Å². The van der Waals surface area contributed by atoms with E-state index in [9.17, 15) is 14.7 Å².